The number of Topliss-reactive ketones (excluding diaryl/α,β-unsaturated/α-hetero) is 2. The Labute approximate surface area is 270 Å². The van der Waals surface area contributed by atoms with E-state index in [2.05, 4.69) is 5.16 Å². The lowest BCUT2D eigenvalue weighted by molar-refractivity contribution is -0.0559. The Morgan fingerprint density at radius 3 is 2.21 bits per heavy atom. The second-order valence-electron chi connectivity index (χ2n) is 12.4. The zero-order chi connectivity index (χ0) is 33.0. The van der Waals surface area contributed by atoms with Gasteiger partial charge in [0.25, 0.3) is 5.88 Å². The van der Waals surface area contributed by atoms with Crippen molar-refractivity contribution < 1.29 is 43.6 Å². The van der Waals surface area contributed by atoms with Crippen molar-refractivity contribution in [3.05, 3.63) is 112 Å². The predicted octanol–water partition coefficient (Wildman–Crippen LogP) is 4.96. The zero-order valence-electron chi connectivity index (χ0n) is 26.1. The Morgan fingerprint density at radius 2 is 1.60 bits per heavy atom. The van der Waals surface area contributed by atoms with Crippen LogP contribution in [-0.2, 0) is 19.6 Å². The Bertz CT molecular complexity index is 1900. The molecule has 4 aromatic rings. The quantitative estimate of drug-likeness (QED) is 0.240. The lowest BCUT2D eigenvalue weighted by Gasteiger charge is -2.49. The molecular formula is C36H34N2O9. The van der Waals surface area contributed by atoms with Crippen molar-refractivity contribution in [2.45, 2.75) is 37.7 Å². The molecule has 3 aromatic carbocycles. The number of carbonyl (C=O) groups is 2. The summed E-state index contributed by atoms with van der Waals surface area (Å²) < 4.78 is 23.2. The second kappa shape index (κ2) is 11.6. The molecule has 0 spiro atoms. The van der Waals surface area contributed by atoms with E-state index in [0.29, 0.717) is 11.3 Å². The fourth-order valence-electron chi connectivity index (χ4n) is 7.32. The van der Waals surface area contributed by atoms with Gasteiger partial charge in [0.15, 0.2) is 28.6 Å². The van der Waals surface area contributed by atoms with Gasteiger partial charge in [0, 0.05) is 23.1 Å². The highest BCUT2D eigenvalue weighted by molar-refractivity contribution is 6.16. The molecule has 0 radical (unpaired) electrons. The number of aromatic nitrogens is 1. The highest BCUT2D eigenvalue weighted by Crippen LogP contribution is 2.57. The molecule has 4 atom stereocenters. The van der Waals surface area contributed by atoms with E-state index in [0.717, 1.165) is 11.1 Å². The molecular weight excluding hydrogens is 604 g/mol. The van der Waals surface area contributed by atoms with E-state index < -0.39 is 40.8 Å². The zero-order valence-corrected chi connectivity index (χ0v) is 26.1. The predicted molar refractivity (Wildman–Crippen MR) is 168 cm³/mol. The van der Waals surface area contributed by atoms with Crippen LogP contribution in [0.25, 0.3) is 0 Å². The van der Waals surface area contributed by atoms with E-state index in [1.165, 1.54) is 13.2 Å². The number of hydrogen-bond acceptors (Lipinski definition) is 11. The number of fused-ring (bicyclic) bond motifs is 4. The number of methoxy groups -OCH3 is 1. The summed E-state index contributed by atoms with van der Waals surface area (Å²) >= 11 is 0. The summed E-state index contributed by atoms with van der Waals surface area (Å²) in [6.45, 7) is 0.148. The van der Waals surface area contributed by atoms with Crippen molar-refractivity contribution in [1.82, 2.24) is 10.1 Å². The number of ether oxygens (including phenoxy) is 3. The normalized spacial score (nSPS) is 23.1. The third kappa shape index (κ3) is 4.76. The monoisotopic (exact) mass is 638 g/mol. The van der Waals surface area contributed by atoms with Crippen molar-refractivity contribution in [2.75, 3.05) is 21.2 Å². The highest BCUT2D eigenvalue weighted by atomic mass is 16.5. The topological polar surface area (TPSA) is 152 Å². The number of allylic oxidation sites excluding steroid dienone is 1. The highest BCUT2D eigenvalue weighted by Gasteiger charge is 2.64. The summed E-state index contributed by atoms with van der Waals surface area (Å²) in [5.41, 5.74) is -0.511. The molecule has 242 valence electrons. The van der Waals surface area contributed by atoms with Gasteiger partial charge in [-0.25, -0.2) is 0 Å². The fraction of sp³-hybridized carbons (Fsp3) is 0.306. The number of hydrogen-bond donors (Lipinski definition) is 3. The molecule has 3 aliphatic carbocycles. The van der Waals surface area contributed by atoms with Crippen LogP contribution in [0.15, 0.2) is 82.6 Å². The minimum atomic E-state index is -2.48. The maximum atomic E-state index is 14.4. The van der Waals surface area contributed by atoms with Gasteiger partial charge < -0.3 is 34.1 Å². The maximum Gasteiger partial charge on any atom is 0.265 e. The number of phenolic OH excluding ortho intramolecular Hbond substituents is 1. The van der Waals surface area contributed by atoms with Gasteiger partial charge in [-0.1, -0.05) is 60.7 Å². The second-order valence-corrected chi connectivity index (χ2v) is 12.4. The number of aliphatic hydroxyl groups excluding tert-OH is 1. The van der Waals surface area contributed by atoms with Gasteiger partial charge in [-0.2, -0.15) is 0 Å². The average Bonchev–Trinajstić information content (AvgIpc) is 3.49. The summed E-state index contributed by atoms with van der Waals surface area (Å²) in [6, 6.07) is 19.3. The van der Waals surface area contributed by atoms with Crippen LogP contribution in [-0.4, -0.2) is 63.7 Å². The molecule has 0 fully saturated rings. The van der Waals surface area contributed by atoms with Crippen molar-refractivity contribution in [1.29, 1.82) is 0 Å². The summed E-state index contributed by atoms with van der Waals surface area (Å²) in [6.07, 6.45) is 0.376. The van der Waals surface area contributed by atoms with Crippen molar-refractivity contribution >= 4 is 11.6 Å². The first kappa shape index (κ1) is 30.5. The molecule has 11 heteroatoms. The lowest BCUT2D eigenvalue weighted by Crippen LogP contribution is -2.59. The summed E-state index contributed by atoms with van der Waals surface area (Å²) in [7, 11) is 4.99. The van der Waals surface area contributed by atoms with Crippen LogP contribution >= 0.6 is 0 Å². The Balaban J connectivity index is 1.32. The number of aromatic hydroxyl groups is 1. The van der Waals surface area contributed by atoms with Crippen LogP contribution in [0, 0.1) is 11.8 Å². The van der Waals surface area contributed by atoms with E-state index >= 15 is 0 Å². The van der Waals surface area contributed by atoms with E-state index in [-0.39, 0.29) is 65.9 Å². The van der Waals surface area contributed by atoms with Gasteiger partial charge in [-0.15, -0.1) is 0 Å². The van der Waals surface area contributed by atoms with E-state index in [4.69, 9.17) is 18.7 Å². The van der Waals surface area contributed by atoms with Crippen molar-refractivity contribution in [2.24, 2.45) is 11.8 Å². The third-order valence-electron chi connectivity index (χ3n) is 9.48. The molecule has 1 heterocycles. The molecule has 0 saturated heterocycles. The van der Waals surface area contributed by atoms with Crippen LogP contribution in [0.3, 0.4) is 0 Å². The molecule has 1 aromatic heterocycles. The van der Waals surface area contributed by atoms with Gasteiger partial charge in [0.2, 0.25) is 5.78 Å². The molecule has 0 unspecified atom stereocenters. The largest absolute Gasteiger partial charge is 0.508 e. The fourth-order valence-corrected chi connectivity index (χ4v) is 7.32. The number of ketones is 2. The van der Waals surface area contributed by atoms with Gasteiger partial charge in [0.1, 0.15) is 30.3 Å². The number of aliphatic hydroxyl groups is 2. The van der Waals surface area contributed by atoms with E-state index in [9.17, 15) is 24.9 Å². The van der Waals surface area contributed by atoms with Gasteiger partial charge in [0.05, 0.1) is 18.7 Å². The Hall–Kier alpha value is -5.13. The SMILES string of the molecule is COc1cc(O)c(OCc2ccccc2)c2c1C[C@H]1C[C@H]3[C@H](N(C)C)c4onc(OCc5ccccc5)c4C(=O)[C@@]3(O)C(O)=C1C2=O. The van der Waals surface area contributed by atoms with Crippen LogP contribution in [0.4, 0.5) is 0 Å². The molecule has 0 saturated carbocycles. The molecule has 7 rings (SSSR count). The van der Waals surface area contributed by atoms with Crippen LogP contribution in [0.2, 0.25) is 0 Å². The van der Waals surface area contributed by atoms with Crippen molar-refractivity contribution in [3.8, 4) is 23.1 Å². The molecule has 11 nitrogen and oxygen atoms in total. The molecule has 47 heavy (non-hydrogen) atoms. The molecule has 3 aliphatic rings. The number of benzene rings is 3. The average molecular weight is 639 g/mol. The Morgan fingerprint density at radius 1 is 0.957 bits per heavy atom. The minimum absolute atomic E-state index is 0.0163. The summed E-state index contributed by atoms with van der Waals surface area (Å²) in [5, 5.41) is 39.3. The smallest absolute Gasteiger partial charge is 0.265 e. The third-order valence-corrected chi connectivity index (χ3v) is 9.48. The standard InChI is InChI=1S/C36H34N2O9/c1-38(2)29-23-15-21-14-22-25(44-3)16-24(39)31(45-17-19-10-6-4-7-11-19)27(22)30(40)26(21)33(41)36(23,43)34(42)28-32(29)47-37-35(28)46-18-20-12-8-5-9-13-20/h4-13,16,21,23,29,39,41,43H,14-15,17-18H2,1-3H3/t21-,23-,29-,36-/m0/s1. The van der Waals surface area contributed by atoms with Crippen LogP contribution in [0.1, 0.15) is 55.6 Å². The van der Waals surface area contributed by atoms with E-state index in [1.807, 2.05) is 60.7 Å². The summed E-state index contributed by atoms with van der Waals surface area (Å²) in [4.78, 5) is 30.5. The molecule has 3 N–H and O–H groups in total. The van der Waals surface area contributed by atoms with Crippen molar-refractivity contribution in [3.63, 3.8) is 0 Å². The van der Waals surface area contributed by atoms with Gasteiger partial charge in [-0.05, 0) is 49.1 Å². The number of rotatable bonds is 8. The van der Waals surface area contributed by atoms with E-state index in [1.54, 1.807) is 19.0 Å². The number of nitrogens with zero attached hydrogens (tertiary/aromatic N) is 2. The minimum Gasteiger partial charge on any atom is -0.508 e. The molecule has 0 amide bonds. The first-order valence-corrected chi connectivity index (χ1v) is 15.3. The van der Waals surface area contributed by atoms with Crippen LogP contribution in [0.5, 0.6) is 23.1 Å². The lowest BCUT2D eigenvalue weighted by atomic mass is 9.58. The Kier molecular flexibility index (Phi) is 7.53. The summed E-state index contributed by atoms with van der Waals surface area (Å²) in [5.74, 6) is -3.73. The first-order chi connectivity index (χ1) is 22.6. The van der Waals surface area contributed by atoms with Gasteiger partial charge >= 0.3 is 0 Å². The van der Waals surface area contributed by atoms with Gasteiger partial charge in [-0.3, -0.25) is 14.5 Å². The maximum absolute atomic E-state index is 14.4. The molecule has 0 bridgehead atoms. The molecule has 0 aliphatic heterocycles. The first-order valence-electron chi connectivity index (χ1n) is 15.3. The number of phenols is 1. The van der Waals surface area contributed by atoms with Crippen LogP contribution < -0.4 is 14.2 Å². The number of carbonyl (C=O) groups excluding carboxylic acids is 2.